The predicted molar refractivity (Wildman–Crippen MR) is 104 cm³/mol. The van der Waals surface area contributed by atoms with Crippen LogP contribution in [0.3, 0.4) is 0 Å². The second-order valence-corrected chi connectivity index (χ2v) is 6.27. The largest absolute Gasteiger partial charge is 0.507 e. The van der Waals surface area contributed by atoms with Gasteiger partial charge in [0.2, 0.25) is 0 Å². The van der Waals surface area contributed by atoms with E-state index in [-0.39, 0.29) is 22.0 Å². The maximum Gasteiger partial charge on any atom is 0.407 e. The van der Waals surface area contributed by atoms with Crippen LogP contribution in [0.4, 0.5) is 18.9 Å². The highest BCUT2D eigenvalue weighted by Gasteiger charge is 2.36. The fraction of sp³-hybridized carbons (Fsp3) is 0.0500. The van der Waals surface area contributed by atoms with Crippen LogP contribution in [0.1, 0.15) is 11.1 Å². The molecule has 2 aromatic carbocycles. The van der Waals surface area contributed by atoms with Gasteiger partial charge in [-0.25, -0.2) is 9.52 Å². The van der Waals surface area contributed by atoms with Crippen LogP contribution in [-0.2, 0) is 6.18 Å². The van der Waals surface area contributed by atoms with Crippen molar-refractivity contribution >= 4 is 23.5 Å². The Morgan fingerprint density at radius 1 is 1.14 bits per heavy atom. The summed E-state index contributed by atoms with van der Waals surface area (Å²) in [7, 11) is 0. The number of alkyl halides is 3. The molecule has 5 nitrogen and oxygen atoms in total. The first-order valence-corrected chi connectivity index (χ1v) is 8.43. The van der Waals surface area contributed by atoms with Crippen molar-refractivity contribution in [3.8, 4) is 17.0 Å². The second-order valence-electron chi connectivity index (χ2n) is 5.83. The SMILES string of the molecule is [C-]#[N+]c1c(C(F)(F)F)cc(-c2ccccc2)n(N=Cc2cc(Cl)ccc2O)c1=O. The first-order chi connectivity index (χ1) is 13.7. The van der Waals surface area contributed by atoms with Gasteiger partial charge in [0.15, 0.2) is 0 Å². The van der Waals surface area contributed by atoms with E-state index in [0.717, 1.165) is 6.21 Å². The third-order valence-electron chi connectivity index (χ3n) is 3.95. The number of pyridine rings is 1. The average molecular weight is 418 g/mol. The van der Waals surface area contributed by atoms with E-state index < -0.39 is 23.0 Å². The summed E-state index contributed by atoms with van der Waals surface area (Å²) in [6.07, 6.45) is -3.81. The fourth-order valence-corrected chi connectivity index (χ4v) is 2.77. The van der Waals surface area contributed by atoms with Crippen molar-refractivity contribution in [1.29, 1.82) is 0 Å². The number of rotatable bonds is 3. The number of benzene rings is 2. The third-order valence-corrected chi connectivity index (χ3v) is 4.18. The highest BCUT2D eigenvalue weighted by molar-refractivity contribution is 6.30. The molecule has 0 unspecified atom stereocenters. The number of hydrogen-bond donors (Lipinski definition) is 1. The topological polar surface area (TPSA) is 58.9 Å². The molecule has 1 heterocycles. The molecule has 0 atom stereocenters. The quantitative estimate of drug-likeness (QED) is 0.463. The molecule has 0 aliphatic carbocycles. The summed E-state index contributed by atoms with van der Waals surface area (Å²) >= 11 is 5.87. The van der Waals surface area contributed by atoms with Crippen molar-refractivity contribution in [3.63, 3.8) is 0 Å². The lowest BCUT2D eigenvalue weighted by Crippen LogP contribution is -2.22. The predicted octanol–water partition coefficient (Wildman–Crippen LogP) is 5.33. The first kappa shape index (κ1) is 20.2. The Hall–Kier alpha value is -3.57. The van der Waals surface area contributed by atoms with Crippen molar-refractivity contribution < 1.29 is 18.3 Å². The molecule has 0 radical (unpaired) electrons. The molecule has 0 aliphatic heterocycles. The van der Waals surface area contributed by atoms with Gasteiger partial charge in [-0.15, -0.1) is 0 Å². The van der Waals surface area contributed by atoms with Crippen LogP contribution in [0.25, 0.3) is 16.1 Å². The number of aromatic nitrogens is 1. The first-order valence-electron chi connectivity index (χ1n) is 8.05. The fourth-order valence-electron chi connectivity index (χ4n) is 2.59. The number of hydrogen-bond acceptors (Lipinski definition) is 3. The molecular weight excluding hydrogens is 407 g/mol. The van der Waals surface area contributed by atoms with Crippen LogP contribution >= 0.6 is 11.6 Å². The summed E-state index contributed by atoms with van der Waals surface area (Å²) in [6.45, 7) is 7.04. The van der Waals surface area contributed by atoms with E-state index in [0.29, 0.717) is 16.3 Å². The zero-order valence-electron chi connectivity index (χ0n) is 14.5. The van der Waals surface area contributed by atoms with Crippen LogP contribution in [-0.4, -0.2) is 16.0 Å². The molecular formula is C20H11ClF3N3O2. The minimum absolute atomic E-state index is 0.146. The van der Waals surface area contributed by atoms with Gasteiger partial charge in [0.25, 0.3) is 11.2 Å². The van der Waals surface area contributed by atoms with E-state index >= 15 is 0 Å². The van der Waals surface area contributed by atoms with Crippen molar-refractivity contribution in [1.82, 2.24) is 4.68 Å². The maximum atomic E-state index is 13.4. The number of aromatic hydroxyl groups is 1. The van der Waals surface area contributed by atoms with Gasteiger partial charge in [-0.3, -0.25) is 4.79 Å². The summed E-state index contributed by atoms with van der Waals surface area (Å²) in [5.41, 5.74) is -3.38. The Balaban J connectivity index is 2.30. The van der Waals surface area contributed by atoms with Gasteiger partial charge in [0, 0.05) is 16.1 Å². The van der Waals surface area contributed by atoms with E-state index in [9.17, 15) is 23.1 Å². The van der Waals surface area contributed by atoms with Crippen molar-refractivity contribution in [2.75, 3.05) is 0 Å². The number of phenols is 1. The van der Waals surface area contributed by atoms with Crippen molar-refractivity contribution in [2.24, 2.45) is 5.10 Å². The number of halogens is 4. The summed E-state index contributed by atoms with van der Waals surface area (Å²) in [5.74, 6) is -0.190. The molecule has 0 saturated heterocycles. The lowest BCUT2D eigenvalue weighted by Gasteiger charge is -2.14. The van der Waals surface area contributed by atoms with E-state index in [2.05, 4.69) is 9.95 Å². The smallest absolute Gasteiger partial charge is 0.407 e. The molecule has 0 spiro atoms. The molecule has 9 heteroatoms. The zero-order valence-corrected chi connectivity index (χ0v) is 15.2. The van der Waals surface area contributed by atoms with E-state index in [1.165, 1.54) is 30.3 Å². The van der Waals surface area contributed by atoms with E-state index in [1.807, 2.05) is 0 Å². The Kier molecular flexibility index (Phi) is 5.43. The third kappa shape index (κ3) is 4.15. The Morgan fingerprint density at radius 2 is 1.83 bits per heavy atom. The second kappa shape index (κ2) is 7.81. The minimum atomic E-state index is -4.89. The highest BCUT2D eigenvalue weighted by atomic mass is 35.5. The molecule has 0 aliphatic rings. The molecule has 29 heavy (non-hydrogen) atoms. The van der Waals surface area contributed by atoms with Crippen LogP contribution in [0.5, 0.6) is 5.75 Å². The molecule has 1 aromatic heterocycles. The van der Waals surface area contributed by atoms with Gasteiger partial charge < -0.3 is 5.11 Å². The lowest BCUT2D eigenvalue weighted by atomic mass is 10.1. The van der Waals surface area contributed by atoms with Crippen molar-refractivity contribution in [3.05, 3.63) is 92.5 Å². The molecule has 3 aromatic rings. The van der Waals surface area contributed by atoms with E-state index in [1.54, 1.807) is 18.2 Å². The summed E-state index contributed by atoms with van der Waals surface area (Å²) in [5, 5.41) is 14.1. The van der Waals surface area contributed by atoms with E-state index in [4.69, 9.17) is 18.2 Å². The van der Waals surface area contributed by atoms with Crippen LogP contribution in [0.15, 0.2) is 64.5 Å². The molecule has 0 saturated carbocycles. The summed E-state index contributed by atoms with van der Waals surface area (Å²) in [4.78, 5) is 15.5. The Morgan fingerprint density at radius 3 is 2.45 bits per heavy atom. The van der Waals surface area contributed by atoms with Crippen LogP contribution < -0.4 is 5.56 Å². The lowest BCUT2D eigenvalue weighted by molar-refractivity contribution is -0.136. The maximum absolute atomic E-state index is 13.4. The van der Waals surface area contributed by atoms with Gasteiger partial charge in [-0.05, 0) is 24.3 Å². The normalized spacial score (nSPS) is 11.6. The van der Waals surface area contributed by atoms with Gasteiger partial charge >= 0.3 is 6.18 Å². The molecule has 0 bridgehead atoms. The van der Waals surface area contributed by atoms with Crippen molar-refractivity contribution in [2.45, 2.75) is 6.18 Å². The van der Waals surface area contributed by atoms with Gasteiger partial charge in [-0.1, -0.05) is 41.9 Å². The number of nitrogens with zero attached hydrogens (tertiary/aromatic N) is 3. The molecule has 0 amide bonds. The Bertz CT molecular complexity index is 1200. The average Bonchev–Trinajstić information content (AvgIpc) is 2.68. The zero-order chi connectivity index (χ0) is 21.2. The Labute approximate surface area is 167 Å². The molecule has 3 rings (SSSR count). The van der Waals surface area contributed by atoms with Gasteiger partial charge in [0.05, 0.1) is 24.0 Å². The summed E-state index contributed by atoms with van der Waals surface area (Å²) in [6, 6.07) is 12.7. The molecule has 1 N–H and O–H groups in total. The standard InChI is InChI=1S/C20H11ClF3N3O2/c1-25-18-15(20(22,23)24)10-16(12-5-3-2-4-6-12)27(19(18)29)26-11-13-9-14(21)7-8-17(13)28/h2-11,28H. The van der Waals surface area contributed by atoms with Gasteiger partial charge in [0.1, 0.15) is 5.75 Å². The van der Waals surface area contributed by atoms with Crippen LogP contribution in [0.2, 0.25) is 5.02 Å². The molecule has 0 fully saturated rings. The summed E-state index contributed by atoms with van der Waals surface area (Å²) < 4.78 is 40.9. The number of phenolic OH excluding ortho intramolecular Hbond substituents is 1. The minimum Gasteiger partial charge on any atom is -0.507 e. The highest BCUT2D eigenvalue weighted by Crippen LogP contribution is 2.37. The van der Waals surface area contributed by atoms with Crippen LogP contribution in [0, 0.1) is 6.57 Å². The van der Waals surface area contributed by atoms with Gasteiger partial charge in [-0.2, -0.15) is 18.3 Å². The monoisotopic (exact) mass is 417 g/mol. The molecule has 146 valence electrons.